The van der Waals surface area contributed by atoms with Crippen LogP contribution in [-0.4, -0.2) is 55.7 Å². The first-order chi connectivity index (χ1) is 22.0. The van der Waals surface area contributed by atoms with Crippen LogP contribution in [0, 0.1) is 5.92 Å². The minimum absolute atomic E-state index is 0.0542. The van der Waals surface area contributed by atoms with Crippen molar-refractivity contribution >= 4 is 7.37 Å². The molecule has 0 amide bonds. The molecular formula is C37H47O7P. The predicted molar refractivity (Wildman–Crippen MR) is 174 cm³/mol. The van der Waals surface area contributed by atoms with Gasteiger partial charge in [0.25, 0.3) is 0 Å². The Morgan fingerprint density at radius 2 is 1.22 bits per heavy atom. The fourth-order valence-corrected chi connectivity index (χ4v) is 9.25. The Kier molecular flexibility index (Phi) is 11.6. The molecular weight excluding hydrogens is 587 g/mol. The molecule has 1 saturated carbocycles. The second-order valence-corrected chi connectivity index (χ2v) is 15.4. The van der Waals surface area contributed by atoms with E-state index in [0.29, 0.717) is 38.1 Å². The number of hydrogen-bond donors (Lipinski definition) is 0. The largest absolute Gasteiger partial charge is 0.374 e. The Labute approximate surface area is 268 Å². The van der Waals surface area contributed by atoms with Gasteiger partial charge in [-0.25, -0.2) is 0 Å². The lowest BCUT2D eigenvalue weighted by atomic mass is 9.96. The van der Waals surface area contributed by atoms with Crippen LogP contribution in [-0.2, 0) is 52.6 Å². The lowest BCUT2D eigenvalue weighted by molar-refractivity contribution is -0.324. The summed E-state index contributed by atoms with van der Waals surface area (Å²) in [6.45, 7) is 3.56. The van der Waals surface area contributed by atoms with Crippen molar-refractivity contribution in [2.75, 3.05) is 18.9 Å². The van der Waals surface area contributed by atoms with Crippen LogP contribution in [0.15, 0.2) is 91.0 Å². The highest BCUT2D eigenvalue weighted by Gasteiger charge is 2.53. The third-order valence-electron chi connectivity index (χ3n) is 8.93. The van der Waals surface area contributed by atoms with Gasteiger partial charge < -0.3 is 28.2 Å². The van der Waals surface area contributed by atoms with Crippen LogP contribution in [0.4, 0.5) is 0 Å². The highest BCUT2D eigenvalue weighted by atomic mass is 31.2. The number of rotatable bonds is 14. The van der Waals surface area contributed by atoms with Gasteiger partial charge in [-0.2, -0.15) is 0 Å². The Morgan fingerprint density at radius 3 is 1.78 bits per heavy atom. The fraction of sp³-hybridized carbons (Fsp3) is 0.514. The van der Waals surface area contributed by atoms with Gasteiger partial charge in [-0.05, 0) is 35.4 Å². The van der Waals surface area contributed by atoms with E-state index in [1.54, 1.807) is 0 Å². The SMILES string of the molecule is CC1CP(=O)(O[C@H]2[C@H](OC3CCCCC3)O[C@H](COCc3ccccc3)[C@@H](OCc3ccccc3)[C@@H]2OCc2ccccc2)C1. The van der Waals surface area contributed by atoms with E-state index >= 15 is 0 Å². The van der Waals surface area contributed by atoms with Crippen molar-refractivity contribution < 1.29 is 32.8 Å². The van der Waals surface area contributed by atoms with Gasteiger partial charge in [-0.15, -0.1) is 0 Å². The second kappa shape index (κ2) is 16.0. The van der Waals surface area contributed by atoms with Crippen LogP contribution in [0.2, 0.25) is 0 Å². The predicted octanol–water partition coefficient (Wildman–Crippen LogP) is 7.76. The average molecular weight is 635 g/mol. The minimum Gasteiger partial charge on any atom is -0.374 e. The zero-order valence-corrected chi connectivity index (χ0v) is 27.2. The number of ether oxygens (including phenoxy) is 5. The van der Waals surface area contributed by atoms with Gasteiger partial charge in [-0.1, -0.05) is 117 Å². The average Bonchev–Trinajstić information content (AvgIpc) is 3.06. The molecule has 7 nitrogen and oxygen atoms in total. The van der Waals surface area contributed by atoms with Gasteiger partial charge >= 0.3 is 0 Å². The summed E-state index contributed by atoms with van der Waals surface area (Å²) in [6.07, 6.45) is 3.48. The van der Waals surface area contributed by atoms with Gasteiger partial charge in [0.2, 0.25) is 7.37 Å². The molecule has 5 atom stereocenters. The molecule has 8 heteroatoms. The van der Waals surface area contributed by atoms with E-state index in [1.807, 2.05) is 91.0 Å². The molecule has 45 heavy (non-hydrogen) atoms. The highest BCUT2D eigenvalue weighted by molar-refractivity contribution is 7.60. The Morgan fingerprint density at radius 1 is 0.689 bits per heavy atom. The fourth-order valence-electron chi connectivity index (χ4n) is 6.62. The molecule has 0 N–H and O–H groups in total. The van der Waals surface area contributed by atoms with Crippen molar-refractivity contribution in [2.45, 2.75) is 95.7 Å². The molecule has 3 aromatic rings. The maximum Gasteiger partial charge on any atom is 0.204 e. The Bertz CT molecular complexity index is 1320. The molecule has 3 aromatic carbocycles. The molecule has 2 aliphatic heterocycles. The first-order valence-electron chi connectivity index (χ1n) is 16.5. The van der Waals surface area contributed by atoms with Gasteiger partial charge in [0, 0.05) is 12.3 Å². The second-order valence-electron chi connectivity index (χ2n) is 12.8. The van der Waals surface area contributed by atoms with Crippen LogP contribution in [0.5, 0.6) is 0 Å². The van der Waals surface area contributed by atoms with Crippen molar-refractivity contribution in [2.24, 2.45) is 5.92 Å². The number of benzene rings is 3. The third kappa shape index (κ3) is 9.14. The summed E-state index contributed by atoms with van der Waals surface area (Å²) in [5.74, 6) is 0.367. The first kappa shape index (κ1) is 32.6. The summed E-state index contributed by atoms with van der Waals surface area (Å²) < 4.78 is 53.6. The monoisotopic (exact) mass is 634 g/mol. The van der Waals surface area contributed by atoms with Crippen molar-refractivity contribution in [3.8, 4) is 0 Å². The molecule has 0 spiro atoms. The smallest absolute Gasteiger partial charge is 0.204 e. The van der Waals surface area contributed by atoms with Crippen LogP contribution in [0.3, 0.4) is 0 Å². The van der Waals surface area contributed by atoms with E-state index in [2.05, 4.69) is 6.92 Å². The standard InChI is InChI=1S/C37H47O7P/c1-28-26-45(38,27-28)44-36-35(41-24-31-18-10-4-11-19-31)34(40-23-30-16-8-3-9-17-30)33(25-39-22-29-14-6-2-7-15-29)43-37(36)42-32-20-12-5-13-21-32/h2-4,6-11,14-19,28,32-37H,5,12-13,20-27H2,1H3/t28?,33-,34-,35+,36-,37-,45?/m1/s1. The molecule has 1 aliphatic carbocycles. The van der Waals surface area contributed by atoms with E-state index in [0.717, 1.165) is 42.4 Å². The maximum absolute atomic E-state index is 13.8. The molecule has 0 unspecified atom stereocenters. The highest BCUT2D eigenvalue weighted by Crippen LogP contribution is 2.60. The normalized spacial score (nSPS) is 30.5. The quantitative estimate of drug-likeness (QED) is 0.168. The summed E-state index contributed by atoms with van der Waals surface area (Å²) in [5, 5.41) is 0. The zero-order chi connectivity index (χ0) is 30.9. The van der Waals surface area contributed by atoms with Gasteiger partial charge in [0.1, 0.15) is 24.4 Å². The molecule has 242 valence electrons. The Balaban J connectivity index is 1.29. The van der Waals surface area contributed by atoms with Gasteiger partial charge in [0.15, 0.2) is 6.29 Å². The summed E-state index contributed by atoms with van der Waals surface area (Å²) in [7, 11) is -2.85. The van der Waals surface area contributed by atoms with Crippen molar-refractivity contribution in [3.63, 3.8) is 0 Å². The summed E-state index contributed by atoms with van der Waals surface area (Å²) in [5.41, 5.74) is 3.16. The van der Waals surface area contributed by atoms with E-state index < -0.39 is 38.1 Å². The van der Waals surface area contributed by atoms with Crippen molar-refractivity contribution in [1.82, 2.24) is 0 Å². The van der Waals surface area contributed by atoms with Crippen LogP contribution >= 0.6 is 7.37 Å². The van der Waals surface area contributed by atoms with E-state index in [-0.39, 0.29) is 12.7 Å². The molecule has 0 bridgehead atoms. The maximum atomic E-state index is 13.8. The Hall–Kier alpha value is -2.35. The van der Waals surface area contributed by atoms with Gasteiger partial charge in [-0.3, -0.25) is 4.57 Å². The van der Waals surface area contributed by atoms with Crippen molar-refractivity contribution in [3.05, 3.63) is 108 Å². The van der Waals surface area contributed by atoms with E-state index in [9.17, 15) is 4.57 Å². The molecule has 2 heterocycles. The van der Waals surface area contributed by atoms with Crippen molar-refractivity contribution in [1.29, 1.82) is 0 Å². The van der Waals surface area contributed by atoms with Crippen LogP contribution in [0.25, 0.3) is 0 Å². The van der Waals surface area contributed by atoms with Gasteiger partial charge in [0.05, 0.1) is 32.5 Å². The first-order valence-corrected chi connectivity index (χ1v) is 18.5. The topological polar surface area (TPSA) is 72.5 Å². The molecule has 3 fully saturated rings. The summed E-state index contributed by atoms with van der Waals surface area (Å²) in [4.78, 5) is 0. The molecule has 0 radical (unpaired) electrons. The van der Waals surface area contributed by atoms with Crippen LogP contribution < -0.4 is 0 Å². The molecule has 0 aromatic heterocycles. The molecule has 2 saturated heterocycles. The zero-order valence-electron chi connectivity index (χ0n) is 26.3. The number of hydrogen-bond acceptors (Lipinski definition) is 7. The molecule has 3 aliphatic rings. The summed E-state index contributed by atoms with van der Waals surface area (Å²) >= 11 is 0. The van der Waals surface area contributed by atoms with Crippen LogP contribution in [0.1, 0.15) is 55.7 Å². The minimum atomic E-state index is -2.85. The van der Waals surface area contributed by atoms with E-state index in [4.69, 9.17) is 28.2 Å². The van der Waals surface area contributed by atoms with E-state index in [1.165, 1.54) is 6.42 Å². The molecule has 6 rings (SSSR count). The third-order valence-corrected chi connectivity index (χ3v) is 11.9. The lowest BCUT2D eigenvalue weighted by Gasteiger charge is -2.48. The summed E-state index contributed by atoms with van der Waals surface area (Å²) in [6, 6.07) is 30.3. The lowest BCUT2D eigenvalue weighted by Crippen LogP contribution is -2.62.